The molecule has 1 fully saturated rings. The second-order valence-electron chi connectivity index (χ2n) is 11.5. The normalized spacial score (nSPS) is 16.1. The van der Waals surface area contributed by atoms with Crippen LogP contribution in [0.15, 0.2) is 54.6 Å². The summed E-state index contributed by atoms with van der Waals surface area (Å²) >= 11 is 0. The average molecular weight is 590 g/mol. The Hall–Kier alpha value is -2.99. The number of nitrogens with one attached hydrogen (secondary N) is 2. The van der Waals surface area contributed by atoms with Gasteiger partial charge in [-0.15, -0.1) is 0 Å². The lowest BCUT2D eigenvalue weighted by atomic mass is 10.0. The van der Waals surface area contributed by atoms with Gasteiger partial charge in [0.15, 0.2) is 0 Å². The number of hydrogen-bond donors (Lipinski definition) is 2. The van der Waals surface area contributed by atoms with E-state index < -0.39 is 39.8 Å². The fourth-order valence-corrected chi connectivity index (χ4v) is 5.60. The van der Waals surface area contributed by atoms with Gasteiger partial charge in [0.05, 0.1) is 13.2 Å². The van der Waals surface area contributed by atoms with Crippen LogP contribution in [0.25, 0.3) is 0 Å². The number of rotatable bonds is 13. The number of esters is 1. The number of benzene rings is 2. The lowest BCUT2D eigenvalue weighted by Crippen LogP contribution is -2.56. The van der Waals surface area contributed by atoms with Crippen LogP contribution in [0.4, 0.5) is 0 Å². The number of morpholine rings is 1. The zero-order valence-electron chi connectivity index (χ0n) is 24.6. The zero-order valence-corrected chi connectivity index (χ0v) is 25.4. The van der Waals surface area contributed by atoms with Crippen LogP contribution < -0.4 is 14.8 Å². The van der Waals surface area contributed by atoms with Crippen molar-refractivity contribution in [1.82, 2.24) is 14.3 Å². The van der Waals surface area contributed by atoms with Gasteiger partial charge in [-0.2, -0.15) is 17.4 Å². The van der Waals surface area contributed by atoms with Crippen LogP contribution in [0, 0.1) is 5.92 Å². The third-order valence-corrected chi connectivity index (χ3v) is 7.87. The van der Waals surface area contributed by atoms with Crippen molar-refractivity contribution in [3.05, 3.63) is 65.7 Å². The second kappa shape index (κ2) is 14.8. The molecule has 2 aromatic rings. The first-order valence-electron chi connectivity index (χ1n) is 14.0. The summed E-state index contributed by atoms with van der Waals surface area (Å²) in [7, 11) is -3.93. The maximum absolute atomic E-state index is 13.5. The highest BCUT2D eigenvalue weighted by Gasteiger charge is 2.34. The van der Waals surface area contributed by atoms with Crippen molar-refractivity contribution < 1.29 is 32.2 Å². The van der Waals surface area contributed by atoms with E-state index in [1.54, 1.807) is 20.8 Å². The van der Waals surface area contributed by atoms with Gasteiger partial charge >= 0.3 is 5.97 Å². The molecule has 0 aromatic heterocycles. The highest BCUT2D eigenvalue weighted by Crippen LogP contribution is 2.18. The van der Waals surface area contributed by atoms with E-state index >= 15 is 0 Å². The number of amides is 1. The molecular formula is C30H43N3O7S. The van der Waals surface area contributed by atoms with Crippen LogP contribution in [0.2, 0.25) is 0 Å². The molecule has 1 aliphatic rings. The van der Waals surface area contributed by atoms with Gasteiger partial charge in [-0.1, -0.05) is 56.3 Å². The molecule has 2 atom stereocenters. The topological polar surface area (TPSA) is 123 Å². The van der Waals surface area contributed by atoms with E-state index in [1.165, 1.54) is 4.31 Å². The first-order chi connectivity index (χ1) is 19.3. The summed E-state index contributed by atoms with van der Waals surface area (Å²) in [4.78, 5) is 26.7. The van der Waals surface area contributed by atoms with E-state index in [9.17, 15) is 18.0 Å². The van der Waals surface area contributed by atoms with Crippen molar-refractivity contribution in [1.29, 1.82) is 0 Å². The number of nitrogens with zero attached hydrogens (tertiary/aromatic N) is 1. The molecule has 0 unspecified atom stereocenters. The van der Waals surface area contributed by atoms with Crippen molar-refractivity contribution in [2.45, 2.75) is 71.8 Å². The second-order valence-corrected chi connectivity index (χ2v) is 13.2. The van der Waals surface area contributed by atoms with E-state index in [0.717, 1.165) is 11.1 Å². The van der Waals surface area contributed by atoms with Crippen LogP contribution in [0.1, 0.15) is 52.2 Å². The van der Waals surface area contributed by atoms with Crippen LogP contribution in [0.3, 0.4) is 0 Å². The molecule has 226 valence electrons. The van der Waals surface area contributed by atoms with Crippen molar-refractivity contribution in [3.8, 4) is 5.75 Å². The fourth-order valence-electron chi connectivity index (χ4n) is 4.26. The Morgan fingerprint density at radius 3 is 2.17 bits per heavy atom. The number of ether oxygens (including phenoxy) is 3. The monoisotopic (exact) mass is 589 g/mol. The van der Waals surface area contributed by atoms with Crippen LogP contribution in [-0.4, -0.2) is 68.6 Å². The Morgan fingerprint density at radius 1 is 0.951 bits per heavy atom. The first kappa shape index (κ1) is 32.5. The van der Waals surface area contributed by atoms with Crippen molar-refractivity contribution in [2.75, 3.05) is 26.3 Å². The predicted molar refractivity (Wildman–Crippen MR) is 156 cm³/mol. The molecular weight excluding hydrogens is 546 g/mol. The maximum Gasteiger partial charge on any atom is 0.329 e. The predicted octanol–water partition coefficient (Wildman–Crippen LogP) is 3.22. The minimum atomic E-state index is -3.93. The fraction of sp³-hybridized carbons (Fsp3) is 0.533. The minimum absolute atomic E-state index is 0.0153. The molecule has 1 heterocycles. The van der Waals surface area contributed by atoms with E-state index in [4.69, 9.17) is 14.2 Å². The Bertz CT molecular complexity index is 1220. The summed E-state index contributed by atoms with van der Waals surface area (Å²) < 4.78 is 46.6. The Balaban J connectivity index is 1.73. The van der Waals surface area contributed by atoms with E-state index in [0.29, 0.717) is 25.6 Å². The summed E-state index contributed by atoms with van der Waals surface area (Å²) in [5.74, 6) is -0.504. The maximum atomic E-state index is 13.5. The van der Waals surface area contributed by atoms with Gasteiger partial charge in [0.25, 0.3) is 10.2 Å². The largest absolute Gasteiger partial charge is 0.489 e. The molecule has 1 aliphatic heterocycles. The highest BCUT2D eigenvalue weighted by molar-refractivity contribution is 7.87. The summed E-state index contributed by atoms with van der Waals surface area (Å²) in [6.07, 6.45) is 0.411. The molecule has 0 radical (unpaired) electrons. The minimum Gasteiger partial charge on any atom is -0.489 e. The summed E-state index contributed by atoms with van der Waals surface area (Å²) in [5, 5.41) is 2.77. The number of carbonyl (C=O) groups is 2. The average Bonchev–Trinajstić information content (AvgIpc) is 2.91. The lowest BCUT2D eigenvalue weighted by molar-refractivity contribution is -0.158. The van der Waals surface area contributed by atoms with Gasteiger partial charge in [0.2, 0.25) is 5.91 Å². The summed E-state index contributed by atoms with van der Waals surface area (Å²) in [5.41, 5.74) is 1.05. The number of carbonyl (C=O) groups excluding carboxylic acids is 2. The molecule has 2 N–H and O–H groups in total. The molecule has 10 nitrogen and oxygen atoms in total. The van der Waals surface area contributed by atoms with E-state index in [2.05, 4.69) is 10.0 Å². The lowest BCUT2D eigenvalue weighted by Gasteiger charge is -2.30. The molecule has 0 spiro atoms. The summed E-state index contributed by atoms with van der Waals surface area (Å²) in [6.45, 7) is 10.5. The van der Waals surface area contributed by atoms with Gasteiger partial charge in [-0.3, -0.25) is 4.79 Å². The van der Waals surface area contributed by atoms with Gasteiger partial charge in [-0.25, -0.2) is 4.79 Å². The zero-order chi connectivity index (χ0) is 30.0. The number of hydrogen-bond acceptors (Lipinski definition) is 7. The van der Waals surface area contributed by atoms with Gasteiger partial charge in [0.1, 0.15) is 30.0 Å². The molecule has 11 heteroatoms. The van der Waals surface area contributed by atoms with Crippen LogP contribution in [0.5, 0.6) is 5.75 Å². The van der Waals surface area contributed by atoms with Gasteiger partial charge in [0, 0.05) is 19.5 Å². The quantitative estimate of drug-likeness (QED) is 0.344. The smallest absolute Gasteiger partial charge is 0.329 e. The highest BCUT2D eigenvalue weighted by atomic mass is 32.2. The third-order valence-electron chi connectivity index (χ3n) is 6.24. The van der Waals surface area contributed by atoms with E-state index in [-0.39, 0.29) is 31.8 Å². The Labute approximate surface area is 243 Å². The molecule has 0 saturated carbocycles. The summed E-state index contributed by atoms with van der Waals surface area (Å²) in [6, 6.07) is 15.0. The standard InChI is InChI=1S/C30H43N3O7S/c1-22(2)19-26(32-41(36,37)33-15-17-38-18-16-33)28(34)31-27(29(35)40-30(3,4)5)20-23-11-13-25(14-12-23)39-21-24-9-7-6-8-10-24/h6-14,22,26-27,32H,15-21H2,1-5H3,(H,31,34)/t26-,27-/m0/s1. The molecule has 3 rings (SSSR count). The van der Waals surface area contributed by atoms with Gasteiger partial charge < -0.3 is 19.5 Å². The SMILES string of the molecule is CC(C)C[C@H](NS(=O)(=O)N1CCOCC1)C(=O)N[C@@H](Cc1ccc(OCc2ccccc2)cc1)C(=O)OC(C)(C)C. The van der Waals surface area contributed by atoms with Crippen LogP contribution in [-0.2, 0) is 42.3 Å². The molecule has 1 amide bonds. The molecule has 1 saturated heterocycles. The van der Waals surface area contributed by atoms with Crippen molar-refractivity contribution >= 4 is 22.1 Å². The Kier molecular flexibility index (Phi) is 11.7. The first-order valence-corrected chi connectivity index (χ1v) is 15.4. The van der Waals surface area contributed by atoms with Gasteiger partial charge in [-0.05, 0) is 56.4 Å². The third kappa shape index (κ3) is 11.1. The van der Waals surface area contributed by atoms with Crippen molar-refractivity contribution in [3.63, 3.8) is 0 Å². The molecule has 0 aliphatic carbocycles. The van der Waals surface area contributed by atoms with E-state index in [1.807, 2.05) is 68.4 Å². The Morgan fingerprint density at radius 2 is 1.59 bits per heavy atom. The molecule has 0 bridgehead atoms. The molecule has 2 aromatic carbocycles. The molecule has 41 heavy (non-hydrogen) atoms. The van der Waals surface area contributed by atoms with Crippen molar-refractivity contribution in [2.24, 2.45) is 5.92 Å². The van der Waals surface area contributed by atoms with Crippen LogP contribution >= 0.6 is 0 Å².